The summed E-state index contributed by atoms with van der Waals surface area (Å²) >= 11 is 0. The summed E-state index contributed by atoms with van der Waals surface area (Å²) in [5.41, 5.74) is 2.67. The molecule has 0 atom stereocenters. The number of hydrogen-bond donors (Lipinski definition) is 2. The van der Waals surface area contributed by atoms with Gasteiger partial charge in [0.25, 0.3) is 0 Å². The Morgan fingerprint density at radius 3 is 2.24 bits per heavy atom. The zero-order valence-corrected chi connectivity index (χ0v) is 23.0. The van der Waals surface area contributed by atoms with Crippen LogP contribution in [0.3, 0.4) is 0 Å². The first-order valence-electron chi connectivity index (χ1n) is 13.4. The average molecular weight is 527 g/mol. The predicted molar refractivity (Wildman–Crippen MR) is 149 cm³/mol. The van der Waals surface area contributed by atoms with Gasteiger partial charge in [0.1, 0.15) is 11.5 Å². The lowest BCUT2D eigenvalue weighted by Gasteiger charge is -2.14. The van der Waals surface area contributed by atoms with Gasteiger partial charge in [-0.05, 0) is 73.6 Å². The minimum atomic E-state index is -0.884. The van der Waals surface area contributed by atoms with Crippen molar-refractivity contribution in [3.05, 3.63) is 53.6 Å². The molecule has 208 valence electrons. The molecule has 2 amide bonds. The molecule has 0 aliphatic rings. The van der Waals surface area contributed by atoms with E-state index in [0.29, 0.717) is 37.3 Å². The predicted octanol–water partition coefficient (Wildman–Crippen LogP) is 5.48. The second-order valence-electron chi connectivity index (χ2n) is 9.62. The summed E-state index contributed by atoms with van der Waals surface area (Å²) in [6, 6.07) is 13.5. The first-order chi connectivity index (χ1) is 18.3. The number of nitrogens with one attached hydrogen (secondary N) is 1. The van der Waals surface area contributed by atoms with E-state index < -0.39 is 5.97 Å². The highest BCUT2D eigenvalue weighted by Gasteiger charge is 2.11. The molecule has 38 heavy (non-hydrogen) atoms. The molecule has 0 spiro atoms. The topological polar surface area (TPSA) is 105 Å². The summed E-state index contributed by atoms with van der Waals surface area (Å²) in [6.07, 6.45) is 7.81. The third-order valence-corrected chi connectivity index (χ3v) is 6.27. The Bertz CT molecular complexity index is 1020. The van der Waals surface area contributed by atoms with E-state index >= 15 is 0 Å². The van der Waals surface area contributed by atoms with Gasteiger partial charge in [0.05, 0.1) is 13.7 Å². The van der Waals surface area contributed by atoms with Crippen LogP contribution in [0.1, 0.15) is 68.9 Å². The number of rotatable bonds is 18. The number of anilines is 1. The van der Waals surface area contributed by atoms with Gasteiger partial charge in [-0.2, -0.15) is 0 Å². The summed E-state index contributed by atoms with van der Waals surface area (Å²) in [5.74, 6) is 0.459. The van der Waals surface area contributed by atoms with Crippen molar-refractivity contribution in [3.63, 3.8) is 0 Å². The fourth-order valence-corrected chi connectivity index (χ4v) is 4.02. The van der Waals surface area contributed by atoms with E-state index in [4.69, 9.17) is 14.6 Å². The number of benzene rings is 2. The number of ether oxygens (including phenoxy) is 2. The molecule has 0 aromatic heterocycles. The van der Waals surface area contributed by atoms with E-state index in [-0.39, 0.29) is 24.7 Å². The Labute approximate surface area is 226 Å². The lowest BCUT2D eigenvalue weighted by molar-refractivity contribution is -0.137. The van der Waals surface area contributed by atoms with Gasteiger partial charge in [-0.25, -0.2) is 0 Å². The Hall–Kier alpha value is -3.55. The summed E-state index contributed by atoms with van der Waals surface area (Å²) in [5, 5.41) is 12.0. The van der Waals surface area contributed by atoms with Crippen molar-refractivity contribution in [1.82, 2.24) is 4.90 Å². The first-order valence-corrected chi connectivity index (χ1v) is 13.4. The normalized spacial score (nSPS) is 10.6. The number of nitrogens with zero attached hydrogens (tertiary/aromatic N) is 1. The molecule has 2 aromatic carbocycles. The third-order valence-electron chi connectivity index (χ3n) is 6.27. The zero-order valence-electron chi connectivity index (χ0n) is 23.0. The standard InChI is InChI=1S/C30H42N2O6/c1-32(2)29(34)12-9-11-28(33)31-25-16-19-27(24(22-25)15-20-30(35)36)38-21-8-6-4-5-7-10-23-13-17-26(37-3)18-14-23/h13-14,16-19,22H,4-12,15,20-21H2,1-3H3,(H,31,33)(H,35,36). The van der Waals surface area contributed by atoms with Crippen molar-refractivity contribution < 1.29 is 29.0 Å². The Morgan fingerprint density at radius 2 is 1.55 bits per heavy atom. The van der Waals surface area contributed by atoms with Crippen LogP contribution < -0.4 is 14.8 Å². The number of aliphatic carboxylic acids is 1. The molecule has 0 aliphatic carbocycles. The minimum Gasteiger partial charge on any atom is -0.497 e. The number of unbranched alkanes of at least 4 members (excludes halogenated alkanes) is 4. The third kappa shape index (κ3) is 12.1. The molecule has 0 radical (unpaired) electrons. The lowest BCUT2D eigenvalue weighted by Crippen LogP contribution is -2.21. The van der Waals surface area contributed by atoms with Crippen molar-refractivity contribution in [3.8, 4) is 11.5 Å². The molecule has 2 aromatic rings. The average Bonchev–Trinajstić information content (AvgIpc) is 2.89. The van der Waals surface area contributed by atoms with Crippen LogP contribution in [-0.4, -0.2) is 55.6 Å². The molecule has 0 bridgehead atoms. The van der Waals surface area contributed by atoms with Crippen LogP contribution in [-0.2, 0) is 27.2 Å². The zero-order chi connectivity index (χ0) is 27.8. The van der Waals surface area contributed by atoms with E-state index in [1.807, 2.05) is 12.1 Å². The molecule has 0 fully saturated rings. The maximum Gasteiger partial charge on any atom is 0.303 e. The van der Waals surface area contributed by atoms with Crippen LogP contribution in [0.25, 0.3) is 0 Å². The van der Waals surface area contributed by atoms with Crippen molar-refractivity contribution >= 4 is 23.5 Å². The summed E-state index contributed by atoms with van der Waals surface area (Å²) in [4.78, 5) is 36.6. The van der Waals surface area contributed by atoms with Crippen LogP contribution in [0.15, 0.2) is 42.5 Å². The van der Waals surface area contributed by atoms with Crippen LogP contribution in [0.5, 0.6) is 11.5 Å². The van der Waals surface area contributed by atoms with E-state index in [9.17, 15) is 14.4 Å². The van der Waals surface area contributed by atoms with Gasteiger partial charge in [-0.3, -0.25) is 14.4 Å². The second-order valence-corrected chi connectivity index (χ2v) is 9.62. The van der Waals surface area contributed by atoms with Gasteiger partial charge >= 0.3 is 5.97 Å². The number of amides is 2. The van der Waals surface area contributed by atoms with Crippen molar-refractivity contribution in [1.29, 1.82) is 0 Å². The highest BCUT2D eigenvalue weighted by Crippen LogP contribution is 2.25. The smallest absolute Gasteiger partial charge is 0.303 e. The molecule has 8 nitrogen and oxygen atoms in total. The van der Waals surface area contributed by atoms with Crippen molar-refractivity contribution in [2.24, 2.45) is 0 Å². The van der Waals surface area contributed by atoms with E-state index in [1.54, 1.807) is 39.4 Å². The lowest BCUT2D eigenvalue weighted by atomic mass is 10.1. The largest absolute Gasteiger partial charge is 0.497 e. The number of carboxylic acid groups (broad SMARTS) is 1. The molecule has 0 unspecified atom stereocenters. The number of methoxy groups -OCH3 is 1. The number of hydrogen-bond acceptors (Lipinski definition) is 5. The van der Waals surface area contributed by atoms with E-state index in [2.05, 4.69) is 17.4 Å². The molecular weight excluding hydrogens is 484 g/mol. The van der Waals surface area contributed by atoms with Gasteiger partial charge < -0.3 is 24.8 Å². The summed E-state index contributed by atoms with van der Waals surface area (Å²) in [6.45, 7) is 0.560. The van der Waals surface area contributed by atoms with Crippen molar-refractivity contribution in [2.45, 2.75) is 70.6 Å². The van der Waals surface area contributed by atoms with Crippen molar-refractivity contribution in [2.75, 3.05) is 33.1 Å². The molecular formula is C30H42N2O6. The fraction of sp³-hybridized carbons (Fsp3) is 0.500. The van der Waals surface area contributed by atoms with Gasteiger partial charge in [-0.15, -0.1) is 0 Å². The summed E-state index contributed by atoms with van der Waals surface area (Å²) < 4.78 is 11.2. The quantitative estimate of drug-likeness (QED) is 0.249. The molecule has 2 rings (SSSR count). The molecule has 2 N–H and O–H groups in total. The van der Waals surface area contributed by atoms with E-state index in [0.717, 1.165) is 49.8 Å². The van der Waals surface area contributed by atoms with Crippen LogP contribution in [0, 0.1) is 0 Å². The molecule has 0 aliphatic heterocycles. The van der Waals surface area contributed by atoms with E-state index in [1.165, 1.54) is 10.5 Å². The second kappa shape index (κ2) is 17.1. The van der Waals surface area contributed by atoms with Crippen LogP contribution in [0.2, 0.25) is 0 Å². The molecule has 8 heteroatoms. The molecule has 0 heterocycles. The van der Waals surface area contributed by atoms with Gasteiger partial charge in [0.15, 0.2) is 0 Å². The Morgan fingerprint density at radius 1 is 0.842 bits per heavy atom. The maximum absolute atomic E-state index is 12.3. The fourth-order valence-electron chi connectivity index (χ4n) is 4.02. The highest BCUT2D eigenvalue weighted by atomic mass is 16.5. The molecule has 0 saturated carbocycles. The monoisotopic (exact) mass is 526 g/mol. The number of aryl methyl sites for hydroxylation is 2. The first kappa shape index (κ1) is 30.7. The summed E-state index contributed by atoms with van der Waals surface area (Å²) in [7, 11) is 5.05. The van der Waals surface area contributed by atoms with Gasteiger partial charge in [0.2, 0.25) is 11.8 Å². The highest BCUT2D eigenvalue weighted by molar-refractivity contribution is 5.91. The Kier molecular flexibility index (Phi) is 13.8. The van der Waals surface area contributed by atoms with Crippen LogP contribution in [0.4, 0.5) is 5.69 Å². The van der Waals surface area contributed by atoms with Gasteiger partial charge in [-0.1, -0.05) is 31.4 Å². The van der Waals surface area contributed by atoms with Crippen LogP contribution >= 0.6 is 0 Å². The number of carbonyl (C=O) groups is 3. The number of carboxylic acids is 1. The maximum atomic E-state index is 12.3. The van der Waals surface area contributed by atoms with Gasteiger partial charge in [0, 0.05) is 39.0 Å². The minimum absolute atomic E-state index is 0.0104. The Balaban J connectivity index is 1.74. The molecule has 0 saturated heterocycles. The number of carbonyl (C=O) groups excluding carboxylic acids is 2. The SMILES string of the molecule is COc1ccc(CCCCCCCOc2ccc(NC(=O)CCCC(=O)N(C)C)cc2CCC(=O)O)cc1.